The van der Waals surface area contributed by atoms with Crippen molar-refractivity contribution in [2.45, 2.75) is 26.9 Å². The highest BCUT2D eigenvalue weighted by atomic mass is 35.5. The summed E-state index contributed by atoms with van der Waals surface area (Å²) >= 11 is 7.51. The first-order chi connectivity index (χ1) is 8.04. The second-order valence-corrected chi connectivity index (χ2v) is 5.58. The fraction of sp³-hybridized carbons (Fsp3) is 0.462. The summed E-state index contributed by atoms with van der Waals surface area (Å²) in [5, 5.41) is 0.561. The SMILES string of the molecule is CCSCC(=O)c1cc(Cl)ccc1OC(C)C. The third-order valence-corrected chi connectivity index (χ3v) is 3.15. The molecule has 0 bridgehead atoms. The molecule has 0 N–H and O–H groups in total. The smallest absolute Gasteiger partial charge is 0.176 e. The van der Waals surface area contributed by atoms with E-state index < -0.39 is 0 Å². The van der Waals surface area contributed by atoms with E-state index in [2.05, 4.69) is 0 Å². The highest BCUT2D eigenvalue weighted by molar-refractivity contribution is 7.99. The predicted molar refractivity (Wildman–Crippen MR) is 74.5 cm³/mol. The maximum absolute atomic E-state index is 12.0. The number of carbonyl (C=O) groups excluding carboxylic acids is 1. The third-order valence-electron chi connectivity index (χ3n) is 2.04. The van der Waals surface area contributed by atoms with E-state index in [1.807, 2.05) is 20.8 Å². The molecule has 1 aromatic rings. The Morgan fingerprint density at radius 3 is 2.76 bits per heavy atom. The number of hydrogen-bond donors (Lipinski definition) is 0. The molecule has 17 heavy (non-hydrogen) atoms. The Labute approximate surface area is 112 Å². The van der Waals surface area contributed by atoms with Crippen molar-refractivity contribution in [2.75, 3.05) is 11.5 Å². The molecule has 0 aliphatic heterocycles. The van der Waals surface area contributed by atoms with Crippen LogP contribution in [0.4, 0.5) is 0 Å². The van der Waals surface area contributed by atoms with Gasteiger partial charge in [-0.15, -0.1) is 0 Å². The van der Waals surface area contributed by atoms with Crippen molar-refractivity contribution in [3.8, 4) is 5.75 Å². The molecular formula is C13H17ClO2S. The van der Waals surface area contributed by atoms with Crippen molar-refractivity contribution in [3.05, 3.63) is 28.8 Å². The van der Waals surface area contributed by atoms with Gasteiger partial charge < -0.3 is 4.74 Å². The maximum Gasteiger partial charge on any atom is 0.176 e. The van der Waals surface area contributed by atoms with Gasteiger partial charge in [0.15, 0.2) is 5.78 Å². The zero-order valence-electron chi connectivity index (χ0n) is 10.3. The highest BCUT2D eigenvalue weighted by Crippen LogP contribution is 2.25. The van der Waals surface area contributed by atoms with E-state index in [0.29, 0.717) is 22.1 Å². The topological polar surface area (TPSA) is 26.3 Å². The van der Waals surface area contributed by atoms with Crippen LogP contribution in [0.1, 0.15) is 31.1 Å². The molecule has 0 spiro atoms. The lowest BCUT2D eigenvalue weighted by atomic mass is 10.1. The van der Waals surface area contributed by atoms with E-state index in [1.165, 1.54) is 0 Å². The van der Waals surface area contributed by atoms with Crippen LogP contribution in [0.5, 0.6) is 5.75 Å². The molecule has 0 aliphatic carbocycles. The number of thioether (sulfide) groups is 1. The number of benzene rings is 1. The Balaban J connectivity index is 2.93. The molecule has 0 aliphatic rings. The lowest BCUT2D eigenvalue weighted by Crippen LogP contribution is -2.11. The Kier molecular flexibility index (Phi) is 5.86. The zero-order valence-corrected chi connectivity index (χ0v) is 11.9. The van der Waals surface area contributed by atoms with Crippen molar-refractivity contribution in [1.29, 1.82) is 0 Å². The molecule has 94 valence electrons. The molecule has 0 radical (unpaired) electrons. The van der Waals surface area contributed by atoms with Gasteiger partial charge in [-0.25, -0.2) is 0 Å². The van der Waals surface area contributed by atoms with Gasteiger partial charge in [0, 0.05) is 5.02 Å². The van der Waals surface area contributed by atoms with Crippen molar-refractivity contribution in [2.24, 2.45) is 0 Å². The number of carbonyl (C=O) groups is 1. The minimum absolute atomic E-state index is 0.0431. The standard InChI is InChI=1S/C13H17ClO2S/c1-4-17-8-12(15)11-7-10(14)5-6-13(11)16-9(2)3/h5-7,9H,4,8H2,1-3H3. The van der Waals surface area contributed by atoms with E-state index in [0.717, 1.165) is 5.75 Å². The van der Waals surface area contributed by atoms with E-state index in [4.69, 9.17) is 16.3 Å². The molecule has 0 atom stereocenters. The van der Waals surface area contributed by atoms with Crippen LogP contribution in [0.2, 0.25) is 5.02 Å². The molecule has 0 amide bonds. The zero-order chi connectivity index (χ0) is 12.8. The molecule has 0 saturated carbocycles. The summed E-state index contributed by atoms with van der Waals surface area (Å²) in [6, 6.07) is 5.17. The van der Waals surface area contributed by atoms with Crippen molar-refractivity contribution in [3.63, 3.8) is 0 Å². The van der Waals surface area contributed by atoms with Gasteiger partial charge >= 0.3 is 0 Å². The number of Topliss-reactive ketones (excluding diaryl/α,β-unsaturated/α-hetero) is 1. The first kappa shape index (κ1) is 14.4. The van der Waals surface area contributed by atoms with Crippen molar-refractivity contribution in [1.82, 2.24) is 0 Å². The number of halogens is 1. The van der Waals surface area contributed by atoms with Gasteiger partial charge in [-0.1, -0.05) is 18.5 Å². The molecule has 1 rings (SSSR count). The first-order valence-corrected chi connectivity index (χ1v) is 7.15. The van der Waals surface area contributed by atoms with Crippen molar-refractivity contribution < 1.29 is 9.53 Å². The number of ketones is 1. The Bertz CT molecular complexity index is 391. The quantitative estimate of drug-likeness (QED) is 0.731. The molecule has 0 heterocycles. The normalized spacial score (nSPS) is 10.6. The fourth-order valence-electron chi connectivity index (χ4n) is 1.35. The highest BCUT2D eigenvalue weighted by Gasteiger charge is 2.14. The summed E-state index contributed by atoms with van der Waals surface area (Å²) in [4.78, 5) is 12.0. The molecule has 4 heteroatoms. The fourth-order valence-corrected chi connectivity index (χ4v) is 2.07. The van der Waals surface area contributed by atoms with Crippen LogP contribution in [0.15, 0.2) is 18.2 Å². The van der Waals surface area contributed by atoms with Crippen LogP contribution in [-0.2, 0) is 0 Å². The van der Waals surface area contributed by atoms with Gasteiger partial charge in [-0.3, -0.25) is 4.79 Å². The summed E-state index contributed by atoms with van der Waals surface area (Å²) in [6.45, 7) is 5.90. The van der Waals surface area contributed by atoms with Gasteiger partial charge in [0.05, 0.1) is 17.4 Å². The lowest BCUT2D eigenvalue weighted by molar-refractivity contribution is 0.101. The number of rotatable bonds is 6. The van der Waals surface area contributed by atoms with Crippen LogP contribution in [0, 0.1) is 0 Å². The first-order valence-electron chi connectivity index (χ1n) is 5.61. The second-order valence-electron chi connectivity index (χ2n) is 3.87. The van der Waals surface area contributed by atoms with Gasteiger partial charge in [-0.05, 0) is 37.8 Å². The Hall–Kier alpha value is -0.670. The molecule has 0 unspecified atom stereocenters. The van der Waals surface area contributed by atoms with Crippen LogP contribution in [-0.4, -0.2) is 23.4 Å². The maximum atomic E-state index is 12.0. The van der Waals surface area contributed by atoms with Crippen LogP contribution in [0.3, 0.4) is 0 Å². The van der Waals surface area contributed by atoms with Gasteiger partial charge in [-0.2, -0.15) is 11.8 Å². The average molecular weight is 273 g/mol. The molecule has 2 nitrogen and oxygen atoms in total. The number of hydrogen-bond acceptors (Lipinski definition) is 3. The van der Waals surface area contributed by atoms with Crippen LogP contribution >= 0.6 is 23.4 Å². The van der Waals surface area contributed by atoms with E-state index in [-0.39, 0.29) is 11.9 Å². The van der Waals surface area contributed by atoms with Gasteiger partial charge in [0.1, 0.15) is 5.75 Å². The van der Waals surface area contributed by atoms with Crippen LogP contribution in [0.25, 0.3) is 0 Å². The monoisotopic (exact) mass is 272 g/mol. The summed E-state index contributed by atoms with van der Waals surface area (Å²) in [5.74, 6) is 2.07. The summed E-state index contributed by atoms with van der Waals surface area (Å²) in [5.41, 5.74) is 0.576. The minimum atomic E-state index is 0.0431. The average Bonchev–Trinajstić information content (AvgIpc) is 2.27. The summed E-state index contributed by atoms with van der Waals surface area (Å²) < 4.78 is 5.61. The summed E-state index contributed by atoms with van der Waals surface area (Å²) in [7, 11) is 0. The Morgan fingerprint density at radius 2 is 2.18 bits per heavy atom. The minimum Gasteiger partial charge on any atom is -0.490 e. The van der Waals surface area contributed by atoms with E-state index in [9.17, 15) is 4.79 Å². The predicted octanol–water partition coefficient (Wildman–Crippen LogP) is 4.06. The van der Waals surface area contributed by atoms with Gasteiger partial charge in [0.2, 0.25) is 0 Å². The lowest BCUT2D eigenvalue weighted by Gasteiger charge is -2.13. The number of ether oxygens (including phenoxy) is 1. The largest absolute Gasteiger partial charge is 0.490 e. The molecule has 0 fully saturated rings. The van der Waals surface area contributed by atoms with E-state index in [1.54, 1.807) is 30.0 Å². The molecule has 1 aromatic carbocycles. The van der Waals surface area contributed by atoms with Gasteiger partial charge in [0.25, 0.3) is 0 Å². The van der Waals surface area contributed by atoms with Crippen molar-refractivity contribution >= 4 is 29.1 Å². The summed E-state index contributed by atoms with van der Waals surface area (Å²) in [6.07, 6.45) is 0.0431. The van der Waals surface area contributed by atoms with E-state index >= 15 is 0 Å². The molecular weight excluding hydrogens is 256 g/mol. The second kappa shape index (κ2) is 6.92. The molecule has 0 saturated heterocycles. The molecule has 0 aromatic heterocycles. The van der Waals surface area contributed by atoms with Crippen LogP contribution < -0.4 is 4.74 Å². The Morgan fingerprint density at radius 1 is 1.47 bits per heavy atom. The third kappa shape index (κ3) is 4.60.